The van der Waals surface area contributed by atoms with Crippen LogP contribution in [0.3, 0.4) is 0 Å². The maximum absolute atomic E-state index is 11.7. The van der Waals surface area contributed by atoms with Gasteiger partial charge in [-0.2, -0.15) is 5.26 Å². The average Bonchev–Trinajstić information content (AvgIpc) is 2.41. The molecular weight excluding hydrogens is 246 g/mol. The van der Waals surface area contributed by atoms with E-state index in [0.29, 0.717) is 5.69 Å². The molecule has 0 radical (unpaired) electrons. The molecule has 0 fully saturated rings. The van der Waals surface area contributed by atoms with Crippen LogP contribution in [0.25, 0.3) is 0 Å². The van der Waals surface area contributed by atoms with E-state index < -0.39 is 24.4 Å². The van der Waals surface area contributed by atoms with E-state index in [4.69, 9.17) is 15.7 Å². The number of carbonyl (C=O) groups is 2. The molecule has 1 atom stereocenters. The minimum Gasteiger partial charge on any atom is -0.455 e. The SMILES string of the molecule is CC(C(=O)OCC(=O)NCC#N)c1cccc(N)c1. The number of esters is 1. The van der Waals surface area contributed by atoms with Gasteiger partial charge in [0.25, 0.3) is 5.91 Å². The molecule has 0 aliphatic rings. The summed E-state index contributed by atoms with van der Waals surface area (Å²) in [5, 5.41) is 10.5. The third-order valence-electron chi connectivity index (χ3n) is 2.47. The Labute approximate surface area is 111 Å². The first-order chi connectivity index (χ1) is 9.04. The maximum atomic E-state index is 11.7. The van der Waals surface area contributed by atoms with Gasteiger partial charge in [0.15, 0.2) is 6.61 Å². The fourth-order valence-electron chi connectivity index (χ4n) is 1.42. The van der Waals surface area contributed by atoms with E-state index in [9.17, 15) is 9.59 Å². The van der Waals surface area contributed by atoms with E-state index in [2.05, 4.69) is 5.32 Å². The molecule has 100 valence electrons. The molecule has 0 spiro atoms. The summed E-state index contributed by atoms with van der Waals surface area (Å²) in [6.07, 6.45) is 0. The summed E-state index contributed by atoms with van der Waals surface area (Å²) in [5.74, 6) is -1.53. The zero-order valence-corrected chi connectivity index (χ0v) is 10.6. The fraction of sp³-hybridized carbons (Fsp3) is 0.308. The van der Waals surface area contributed by atoms with Crippen molar-refractivity contribution >= 4 is 17.6 Å². The molecule has 1 aromatic rings. The number of nitrogens with two attached hydrogens (primary N) is 1. The van der Waals surface area contributed by atoms with Gasteiger partial charge in [-0.05, 0) is 24.6 Å². The first-order valence-electron chi connectivity index (χ1n) is 5.70. The Balaban J connectivity index is 2.50. The van der Waals surface area contributed by atoms with Gasteiger partial charge in [0.1, 0.15) is 6.54 Å². The summed E-state index contributed by atoms with van der Waals surface area (Å²) >= 11 is 0. The van der Waals surface area contributed by atoms with Crippen LogP contribution in [0.4, 0.5) is 5.69 Å². The second-order valence-electron chi connectivity index (χ2n) is 3.93. The summed E-state index contributed by atoms with van der Waals surface area (Å²) in [7, 11) is 0. The van der Waals surface area contributed by atoms with Gasteiger partial charge in [0.2, 0.25) is 0 Å². The van der Waals surface area contributed by atoms with Crippen LogP contribution in [-0.2, 0) is 14.3 Å². The lowest BCUT2D eigenvalue weighted by Gasteiger charge is -2.11. The van der Waals surface area contributed by atoms with Crippen LogP contribution in [0.1, 0.15) is 18.4 Å². The van der Waals surface area contributed by atoms with E-state index in [1.54, 1.807) is 37.3 Å². The first kappa shape index (κ1) is 14.5. The lowest BCUT2D eigenvalue weighted by atomic mass is 10.0. The summed E-state index contributed by atoms with van der Waals surface area (Å²) in [5.41, 5.74) is 6.91. The standard InChI is InChI=1S/C13H15N3O3/c1-9(10-3-2-4-11(15)7-10)13(18)19-8-12(17)16-6-5-14/h2-4,7,9H,6,8,15H2,1H3,(H,16,17). The number of nitrogens with one attached hydrogen (secondary N) is 1. The minimum absolute atomic E-state index is 0.110. The highest BCUT2D eigenvalue weighted by Gasteiger charge is 2.18. The fourth-order valence-corrected chi connectivity index (χ4v) is 1.42. The van der Waals surface area contributed by atoms with Crippen molar-refractivity contribution in [1.29, 1.82) is 5.26 Å². The number of benzene rings is 1. The Bertz CT molecular complexity index is 508. The number of amides is 1. The van der Waals surface area contributed by atoms with E-state index in [1.165, 1.54) is 0 Å². The van der Waals surface area contributed by atoms with Crippen molar-refractivity contribution in [3.05, 3.63) is 29.8 Å². The quantitative estimate of drug-likeness (QED) is 0.457. The van der Waals surface area contributed by atoms with Crippen molar-refractivity contribution in [3.63, 3.8) is 0 Å². The number of carbonyl (C=O) groups excluding carboxylic acids is 2. The molecule has 19 heavy (non-hydrogen) atoms. The van der Waals surface area contributed by atoms with E-state index in [-0.39, 0.29) is 6.54 Å². The Morgan fingerprint density at radius 2 is 2.26 bits per heavy atom. The smallest absolute Gasteiger partial charge is 0.313 e. The second kappa shape index (κ2) is 7.01. The molecule has 0 bridgehead atoms. The normalized spacial score (nSPS) is 11.2. The monoisotopic (exact) mass is 261 g/mol. The molecule has 0 aromatic heterocycles. The molecule has 1 aromatic carbocycles. The van der Waals surface area contributed by atoms with Crippen molar-refractivity contribution in [3.8, 4) is 6.07 Å². The summed E-state index contributed by atoms with van der Waals surface area (Å²) in [4.78, 5) is 22.9. The highest BCUT2D eigenvalue weighted by Crippen LogP contribution is 2.18. The number of nitrogens with zero attached hydrogens (tertiary/aromatic N) is 1. The van der Waals surface area contributed by atoms with Crippen LogP contribution < -0.4 is 11.1 Å². The molecule has 0 aliphatic carbocycles. The van der Waals surface area contributed by atoms with Crippen LogP contribution >= 0.6 is 0 Å². The number of hydrogen-bond donors (Lipinski definition) is 2. The lowest BCUT2D eigenvalue weighted by Crippen LogP contribution is -2.29. The molecule has 3 N–H and O–H groups in total. The Kier molecular flexibility index (Phi) is 5.35. The molecule has 6 heteroatoms. The van der Waals surface area contributed by atoms with Gasteiger partial charge in [0, 0.05) is 5.69 Å². The Morgan fingerprint density at radius 3 is 2.89 bits per heavy atom. The molecule has 1 amide bonds. The van der Waals surface area contributed by atoms with Crippen molar-refractivity contribution in [2.75, 3.05) is 18.9 Å². The van der Waals surface area contributed by atoms with Gasteiger partial charge in [0.05, 0.1) is 12.0 Å². The van der Waals surface area contributed by atoms with Crippen LogP contribution in [0, 0.1) is 11.3 Å². The summed E-state index contributed by atoms with van der Waals surface area (Å²) in [6, 6.07) is 8.66. The third-order valence-corrected chi connectivity index (χ3v) is 2.47. The summed E-state index contributed by atoms with van der Waals surface area (Å²) < 4.78 is 4.86. The van der Waals surface area contributed by atoms with Crippen molar-refractivity contribution in [2.45, 2.75) is 12.8 Å². The van der Waals surface area contributed by atoms with E-state index in [1.807, 2.05) is 0 Å². The second-order valence-corrected chi connectivity index (χ2v) is 3.93. The zero-order valence-electron chi connectivity index (χ0n) is 10.6. The van der Waals surface area contributed by atoms with Gasteiger partial charge in [-0.1, -0.05) is 12.1 Å². The largest absolute Gasteiger partial charge is 0.455 e. The van der Waals surface area contributed by atoms with Gasteiger partial charge < -0.3 is 15.8 Å². The van der Waals surface area contributed by atoms with Crippen molar-refractivity contribution in [1.82, 2.24) is 5.32 Å². The zero-order chi connectivity index (χ0) is 14.3. The molecule has 6 nitrogen and oxygen atoms in total. The molecule has 0 saturated heterocycles. The molecule has 0 aliphatic heterocycles. The predicted octanol–water partition coefficient (Wildman–Crippen LogP) is 0.555. The molecular formula is C13H15N3O3. The minimum atomic E-state index is -0.516. The van der Waals surface area contributed by atoms with E-state index >= 15 is 0 Å². The van der Waals surface area contributed by atoms with Crippen LogP contribution in [-0.4, -0.2) is 25.0 Å². The van der Waals surface area contributed by atoms with Gasteiger partial charge in [-0.25, -0.2) is 0 Å². The third kappa shape index (κ3) is 4.68. The number of nitriles is 1. The number of nitrogen functional groups attached to an aromatic ring is 1. The molecule has 1 unspecified atom stereocenters. The van der Waals surface area contributed by atoms with E-state index in [0.717, 1.165) is 5.56 Å². The molecule has 0 heterocycles. The maximum Gasteiger partial charge on any atom is 0.313 e. The molecule has 0 saturated carbocycles. The number of hydrogen-bond acceptors (Lipinski definition) is 5. The number of rotatable bonds is 5. The highest BCUT2D eigenvalue weighted by atomic mass is 16.5. The number of anilines is 1. The molecule has 1 rings (SSSR count). The Hall–Kier alpha value is -2.55. The highest BCUT2D eigenvalue weighted by molar-refractivity contribution is 5.83. The van der Waals surface area contributed by atoms with Crippen LogP contribution in [0.2, 0.25) is 0 Å². The lowest BCUT2D eigenvalue weighted by molar-refractivity contribution is -0.149. The van der Waals surface area contributed by atoms with Gasteiger partial charge in [-0.15, -0.1) is 0 Å². The predicted molar refractivity (Wildman–Crippen MR) is 68.9 cm³/mol. The topological polar surface area (TPSA) is 105 Å². The van der Waals surface area contributed by atoms with Crippen molar-refractivity contribution in [2.24, 2.45) is 0 Å². The summed E-state index contributed by atoms with van der Waals surface area (Å²) in [6.45, 7) is 1.17. The van der Waals surface area contributed by atoms with Crippen molar-refractivity contribution < 1.29 is 14.3 Å². The van der Waals surface area contributed by atoms with Gasteiger partial charge >= 0.3 is 5.97 Å². The van der Waals surface area contributed by atoms with Crippen LogP contribution in [0.15, 0.2) is 24.3 Å². The number of ether oxygens (including phenoxy) is 1. The first-order valence-corrected chi connectivity index (χ1v) is 5.70. The average molecular weight is 261 g/mol. The van der Waals surface area contributed by atoms with Gasteiger partial charge in [-0.3, -0.25) is 9.59 Å². The van der Waals surface area contributed by atoms with Crippen LogP contribution in [0.5, 0.6) is 0 Å². The Morgan fingerprint density at radius 1 is 1.53 bits per heavy atom.